The third-order valence-corrected chi connectivity index (χ3v) is 3.86. The van der Waals surface area contributed by atoms with Gasteiger partial charge in [-0.15, -0.1) is 11.3 Å². The number of thiophene rings is 1. The van der Waals surface area contributed by atoms with Crippen LogP contribution in [0.25, 0.3) is 11.1 Å². The third-order valence-electron chi connectivity index (χ3n) is 2.78. The Morgan fingerprint density at radius 1 is 1.37 bits per heavy atom. The molecule has 1 heterocycles. The quantitative estimate of drug-likeness (QED) is 0.794. The van der Waals surface area contributed by atoms with Crippen molar-refractivity contribution in [1.29, 1.82) is 0 Å². The summed E-state index contributed by atoms with van der Waals surface area (Å²) in [5.74, 6) is 0.510. The maximum atomic E-state index is 11.8. The molecule has 0 saturated carbocycles. The molecule has 100 valence electrons. The lowest BCUT2D eigenvalue weighted by atomic mass is 10.0. The maximum Gasteiger partial charge on any atom is 0.348 e. The first-order valence-corrected chi connectivity index (χ1v) is 6.95. The number of carbonyl (C=O) groups excluding carboxylic acids is 1. The molecule has 0 fully saturated rings. The van der Waals surface area contributed by atoms with E-state index in [1.165, 1.54) is 18.4 Å². The van der Waals surface area contributed by atoms with E-state index in [2.05, 4.69) is 0 Å². The van der Waals surface area contributed by atoms with E-state index in [0.717, 1.165) is 22.4 Å². The predicted molar refractivity (Wildman–Crippen MR) is 77.0 cm³/mol. The average molecular weight is 276 g/mol. The summed E-state index contributed by atoms with van der Waals surface area (Å²) < 4.78 is 10.3. The number of hydrogen-bond donors (Lipinski definition) is 0. The summed E-state index contributed by atoms with van der Waals surface area (Å²) in [4.78, 5) is 12.4. The molecule has 0 aliphatic rings. The second-order valence-electron chi connectivity index (χ2n) is 4.08. The van der Waals surface area contributed by atoms with Crippen molar-refractivity contribution in [3.8, 4) is 16.9 Å². The number of aryl methyl sites for hydroxylation is 1. The monoisotopic (exact) mass is 276 g/mol. The molecule has 0 amide bonds. The second kappa shape index (κ2) is 5.89. The standard InChI is InChI=1S/C15H16O3S/c1-4-18-12-7-5-6-11(8-12)13-10(2)9-19-14(13)15(16)17-3/h5-9H,4H2,1-3H3. The summed E-state index contributed by atoms with van der Waals surface area (Å²) in [5.41, 5.74) is 2.97. The van der Waals surface area contributed by atoms with Gasteiger partial charge in [-0.2, -0.15) is 0 Å². The van der Waals surface area contributed by atoms with E-state index in [1.54, 1.807) is 0 Å². The van der Waals surface area contributed by atoms with E-state index < -0.39 is 0 Å². The number of carbonyl (C=O) groups is 1. The van der Waals surface area contributed by atoms with Gasteiger partial charge in [-0.25, -0.2) is 4.79 Å². The van der Waals surface area contributed by atoms with Crippen LogP contribution in [0.2, 0.25) is 0 Å². The molecule has 0 bridgehead atoms. The van der Waals surface area contributed by atoms with Gasteiger partial charge in [0.1, 0.15) is 10.6 Å². The van der Waals surface area contributed by atoms with Crippen LogP contribution in [0.3, 0.4) is 0 Å². The second-order valence-corrected chi connectivity index (χ2v) is 4.95. The van der Waals surface area contributed by atoms with Crippen molar-refractivity contribution in [2.24, 2.45) is 0 Å². The molecule has 0 aliphatic heterocycles. The summed E-state index contributed by atoms with van der Waals surface area (Å²) in [5, 5.41) is 1.97. The van der Waals surface area contributed by atoms with Gasteiger partial charge in [-0.1, -0.05) is 12.1 Å². The summed E-state index contributed by atoms with van der Waals surface area (Å²) in [6.45, 7) is 4.56. The molecule has 0 aliphatic carbocycles. The van der Waals surface area contributed by atoms with Gasteiger partial charge in [-0.05, 0) is 42.5 Å². The van der Waals surface area contributed by atoms with Crippen LogP contribution in [-0.4, -0.2) is 19.7 Å². The van der Waals surface area contributed by atoms with Crippen LogP contribution in [0, 0.1) is 6.92 Å². The Kier molecular flexibility index (Phi) is 4.22. The van der Waals surface area contributed by atoms with Crippen molar-refractivity contribution in [3.63, 3.8) is 0 Å². The largest absolute Gasteiger partial charge is 0.494 e. The van der Waals surface area contributed by atoms with Gasteiger partial charge >= 0.3 is 5.97 Å². The Hall–Kier alpha value is -1.81. The van der Waals surface area contributed by atoms with Crippen LogP contribution in [0.4, 0.5) is 0 Å². The van der Waals surface area contributed by atoms with Gasteiger partial charge in [0.2, 0.25) is 0 Å². The minimum Gasteiger partial charge on any atom is -0.494 e. The topological polar surface area (TPSA) is 35.5 Å². The molecule has 3 nitrogen and oxygen atoms in total. The molecule has 1 aromatic carbocycles. The number of esters is 1. The lowest BCUT2D eigenvalue weighted by Crippen LogP contribution is -2.00. The first kappa shape index (κ1) is 13.6. The van der Waals surface area contributed by atoms with Crippen molar-refractivity contribution < 1.29 is 14.3 Å². The van der Waals surface area contributed by atoms with Crippen LogP contribution >= 0.6 is 11.3 Å². The average Bonchev–Trinajstić information content (AvgIpc) is 2.80. The van der Waals surface area contributed by atoms with E-state index in [4.69, 9.17) is 9.47 Å². The molecule has 4 heteroatoms. The fourth-order valence-corrected chi connectivity index (χ4v) is 2.94. The van der Waals surface area contributed by atoms with E-state index >= 15 is 0 Å². The van der Waals surface area contributed by atoms with Crippen LogP contribution < -0.4 is 4.74 Å². The summed E-state index contributed by atoms with van der Waals surface area (Å²) in [6, 6.07) is 7.76. The van der Waals surface area contributed by atoms with Crippen molar-refractivity contribution in [2.75, 3.05) is 13.7 Å². The van der Waals surface area contributed by atoms with E-state index in [1.807, 2.05) is 43.5 Å². The fourth-order valence-electron chi connectivity index (χ4n) is 1.95. The van der Waals surface area contributed by atoms with Crippen LogP contribution in [0.15, 0.2) is 29.6 Å². The first-order chi connectivity index (χ1) is 9.17. The van der Waals surface area contributed by atoms with Crippen molar-refractivity contribution in [2.45, 2.75) is 13.8 Å². The Balaban J connectivity index is 2.49. The molecule has 2 rings (SSSR count). The molecule has 19 heavy (non-hydrogen) atoms. The van der Waals surface area contributed by atoms with Gasteiger partial charge in [0.05, 0.1) is 13.7 Å². The minimum absolute atomic E-state index is 0.296. The van der Waals surface area contributed by atoms with Crippen LogP contribution in [0.1, 0.15) is 22.2 Å². The third kappa shape index (κ3) is 2.79. The lowest BCUT2D eigenvalue weighted by molar-refractivity contribution is 0.0607. The highest BCUT2D eigenvalue weighted by Gasteiger charge is 2.18. The van der Waals surface area contributed by atoms with Gasteiger partial charge in [-0.3, -0.25) is 0 Å². The van der Waals surface area contributed by atoms with Gasteiger partial charge in [0.25, 0.3) is 0 Å². The molecule has 0 spiro atoms. The zero-order valence-corrected chi connectivity index (χ0v) is 12.0. The number of methoxy groups -OCH3 is 1. The summed E-state index contributed by atoms with van der Waals surface area (Å²) in [6.07, 6.45) is 0. The molecule has 0 unspecified atom stereocenters. The van der Waals surface area contributed by atoms with Gasteiger partial charge in [0, 0.05) is 5.56 Å². The van der Waals surface area contributed by atoms with E-state index in [-0.39, 0.29) is 5.97 Å². The molecular weight excluding hydrogens is 260 g/mol. The lowest BCUT2D eigenvalue weighted by Gasteiger charge is -2.08. The molecule has 2 aromatic rings. The number of benzene rings is 1. The Bertz CT molecular complexity index is 587. The highest BCUT2D eigenvalue weighted by molar-refractivity contribution is 7.12. The first-order valence-electron chi connectivity index (χ1n) is 6.07. The minimum atomic E-state index is -0.296. The Morgan fingerprint density at radius 2 is 2.16 bits per heavy atom. The Labute approximate surface area is 116 Å². The summed E-state index contributed by atoms with van der Waals surface area (Å²) in [7, 11) is 1.40. The van der Waals surface area contributed by atoms with Gasteiger partial charge < -0.3 is 9.47 Å². The number of hydrogen-bond acceptors (Lipinski definition) is 4. The molecule has 0 N–H and O–H groups in total. The molecule has 0 saturated heterocycles. The maximum absolute atomic E-state index is 11.8. The molecule has 0 atom stereocenters. The van der Waals surface area contributed by atoms with Crippen LogP contribution in [-0.2, 0) is 4.74 Å². The Morgan fingerprint density at radius 3 is 2.84 bits per heavy atom. The SMILES string of the molecule is CCOc1cccc(-c2c(C)csc2C(=O)OC)c1. The molecule has 0 radical (unpaired) electrons. The zero-order chi connectivity index (χ0) is 13.8. The van der Waals surface area contributed by atoms with Gasteiger partial charge in [0.15, 0.2) is 0 Å². The van der Waals surface area contributed by atoms with Crippen molar-refractivity contribution in [3.05, 3.63) is 40.1 Å². The summed E-state index contributed by atoms with van der Waals surface area (Å²) >= 11 is 1.41. The zero-order valence-electron chi connectivity index (χ0n) is 11.2. The smallest absolute Gasteiger partial charge is 0.348 e. The fraction of sp³-hybridized carbons (Fsp3) is 0.267. The van der Waals surface area contributed by atoms with E-state index in [9.17, 15) is 4.79 Å². The van der Waals surface area contributed by atoms with Crippen molar-refractivity contribution >= 4 is 17.3 Å². The van der Waals surface area contributed by atoms with Crippen molar-refractivity contribution in [1.82, 2.24) is 0 Å². The number of ether oxygens (including phenoxy) is 2. The normalized spacial score (nSPS) is 10.3. The number of rotatable bonds is 4. The molecule has 1 aromatic heterocycles. The molecular formula is C15H16O3S. The van der Waals surface area contributed by atoms with E-state index in [0.29, 0.717) is 11.5 Å². The highest BCUT2D eigenvalue weighted by atomic mass is 32.1. The highest BCUT2D eigenvalue weighted by Crippen LogP contribution is 2.34. The van der Waals surface area contributed by atoms with Crippen LogP contribution in [0.5, 0.6) is 5.75 Å². The predicted octanol–water partition coefficient (Wildman–Crippen LogP) is 3.91.